The minimum atomic E-state index is -0.549. The van der Waals surface area contributed by atoms with Gasteiger partial charge in [-0.1, -0.05) is 12.1 Å². The van der Waals surface area contributed by atoms with Gasteiger partial charge in [0, 0.05) is 25.9 Å². The SMILES string of the molecule is C[C@@H]1Oc2ccccc2N(CCC(=O)NCc2nnc3n2CCC3)C1=O. The molecule has 8 nitrogen and oxygen atoms in total. The molecule has 0 aliphatic carbocycles. The average Bonchev–Trinajstić information content (AvgIpc) is 3.24. The lowest BCUT2D eigenvalue weighted by Crippen LogP contribution is -2.45. The van der Waals surface area contributed by atoms with Crippen molar-refractivity contribution in [1.29, 1.82) is 0 Å². The molecule has 0 saturated heterocycles. The van der Waals surface area contributed by atoms with Crippen LogP contribution in [0.4, 0.5) is 5.69 Å². The van der Waals surface area contributed by atoms with E-state index in [2.05, 4.69) is 20.1 Å². The first-order valence-corrected chi connectivity index (χ1v) is 8.88. The van der Waals surface area contributed by atoms with Crippen LogP contribution in [0, 0.1) is 0 Å². The van der Waals surface area contributed by atoms with Crippen LogP contribution in [0.25, 0.3) is 0 Å². The zero-order valence-corrected chi connectivity index (χ0v) is 14.6. The maximum Gasteiger partial charge on any atom is 0.267 e. The summed E-state index contributed by atoms with van der Waals surface area (Å²) in [6.45, 7) is 3.30. The maximum absolute atomic E-state index is 12.4. The van der Waals surface area contributed by atoms with E-state index in [1.54, 1.807) is 11.8 Å². The highest BCUT2D eigenvalue weighted by Gasteiger charge is 2.31. The predicted molar refractivity (Wildman–Crippen MR) is 93.7 cm³/mol. The largest absolute Gasteiger partial charge is 0.479 e. The summed E-state index contributed by atoms with van der Waals surface area (Å²) in [4.78, 5) is 26.3. The van der Waals surface area contributed by atoms with Gasteiger partial charge in [0.2, 0.25) is 5.91 Å². The van der Waals surface area contributed by atoms with Crippen LogP contribution in [0.5, 0.6) is 5.75 Å². The van der Waals surface area contributed by atoms with E-state index in [9.17, 15) is 9.59 Å². The Morgan fingerprint density at radius 2 is 2.19 bits per heavy atom. The number of amides is 2. The third-order valence-electron chi connectivity index (χ3n) is 4.77. The second-order valence-electron chi connectivity index (χ2n) is 6.53. The minimum Gasteiger partial charge on any atom is -0.479 e. The third kappa shape index (κ3) is 3.02. The molecule has 4 rings (SSSR count). The molecule has 2 aromatic rings. The molecule has 1 aromatic heterocycles. The number of nitrogens with one attached hydrogen (secondary N) is 1. The Balaban J connectivity index is 1.36. The molecular formula is C18H21N5O3. The fourth-order valence-electron chi connectivity index (χ4n) is 3.41. The lowest BCUT2D eigenvalue weighted by Gasteiger charge is -2.32. The predicted octanol–water partition coefficient (Wildman–Crippen LogP) is 1.04. The van der Waals surface area contributed by atoms with Gasteiger partial charge in [-0.2, -0.15) is 0 Å². The number of aromatic nitrogens is 3. The van der Waals surface area contributed by atoms with Crippen molar-refractivity contribution >= 4 is 17.5 Å². The number of ether oxygens (including phenoxy) is 1. The highest BCUT2D eigenvalue weighted by molar-refractivity contribution is 6.00. The molecule has 0 unspecified atom stereocenters. The number of carbonyl (C=O) groups excluding carboxylic acids is 2. The van der Waals surface area contributed by atoms with E-state index in [0.29, 0.717) is 24.5 Å². The van der Waals surface area contributed by atoms with E-state index in [1.165, 1.54) is 0 Å². The fraction of sp³-hybridized carbons (Fsp3) is 0.444. The van der Waals surface area contributed by atoms with Crippen molar-refractivity contribution in [2.45, 2.75) is 45.4 Å². The first kappa shape index (κ1) is 16.6. The number of para-hydroxylation sites is 2. The topological polar surface area (TPSA) is 89.3 Å². The number of hydrogen-bond donors (Lipinski definition) is 1. The fourth-order valence-corrected chi connectivity index (χ4v) is 3.41. The van der Waals surface area contributed by atoms with Gasteiger partial charge in [0.15, 0.2) is 11.9 Å². The number of nitrogens with zero attached hydrogens (tertiary/aromatic N) is 4. The van der Waals surface area contributed by atoms with E-state index < -0.39 is 6.10 Å². The lowest BCUT2D eigenvalue weighted by atomic mass is 10.1. The number of aryl methyl sites for hydroxylation is 1. The molecule has 1 N–H and O–H groups in total. The van der Waals surface area contributed by atoms with Crippen molar-refractivity contribution in [1.82, 2.24) is 20.1 Å². The summed E-state index contributed by atoms with van der Waals surface area (Å²) in [5.41, 5.74) is 0.707. The summed E-state index contributed by atoms with van der Waals surface area (Å²) in [7, 11) is 0. The quantitative estimate of drug-likeness (QED) is 0.866. The molecule has 1 aromatic carbocycles. The molecule has 2 aliphatic heterocycles. The van der Waals surface area contributed by atoms with Crippen molar-refractivity contribution in [2.24, 2.45) is 0 Å². The first-order valence-electron chi connectivity index (χ1n) is 8.88. The second kappa shape index (κ2) is 6.78. The summed E-state index contributed by atoms with van der Waals surface area (Å²) < 4.78 is 7.67. The number of hydrogen-bond acceptors (Lipinski definition) is 5. The van der Waals surface area contributed by atoms with Crippen LogP contribution in [0.2, 0.25) is 0 Å². The van der Waals surface area contributed by atoms with Gasteiger partial charge in [-0.3, -0.25) is 9.59 Å². The van der Waals surface area contributed by atoms with Crippen LogP contribution < -0.4 is 15.0 Å². The normalized spacial score (nSPS) is 18.3. The Kier molecular flexibility index (Phi) is 4.32. The third-order valence-corrected chi connectivity index (χ3v) is 4.77. The Labute approximate surface area is 151 Å². The molecule has 0 radical (unpaired) electrons. The van der Waals surface area contributed by atoms with Crippen LogP contribution in [-0.4, -0.2) is 39.2 Å². The number of carbonyl (C=O) groups is 2. The highest BCUT2D eigenvalue weighted by atomic mass is 16.5. The molecule has 3 heterocycles. The van der Waals surface area contributed by atoms with Crippen LogP contribution >= 0.6 is 0 Å². The van der Waals surface area contributed by atoms with Gasteiger partial charge in [0.1, 0.15) is 11.6 Å². The summed E-state index contributed by atoms with van der Waals surface area (Å²) in [5.74, 6) is 2.18. The molecule has 0 bridgehead atoms. The lowest BCUT2D eigenvalue weighted by molar-refractivity contribution is -0.125. The van der Waals surface area contributed by atoms with Crippen LogP contribution in [0.15, 0.2) is 24.3 Å². The first-order chi connectivity index (χ1) is 12.6. The van der Waals surface area contributed by atoms with E-state index in [0.717, 1.165) is 31.0 Å². The van der Waals surface area contributed by atoms with Crippen LogP contribution in [-0.2, 0) is 29.1 Å². The van der Waals surface area contributed by atoms with E-state index >= 15 is 0 Å². The molecule has 0 spiro atoms. The Hall–Kier alpha value is -2.90. The maximum atomic E-state index is 12.4. The van der Waals surface area contributed by atoms with Gasteiger partial charge in [0.25, 0.3) is 5.91 Å². The van der Waals surface area contributed by atoms with Crippen molar-refractivity contribution in [2.75, 3.05) is 11.4 Å². The smallest absolute Gasteiger partial charge is 0.267 e. The zero-order valence-electron chi connectivity index (χ0n) is 14.6. The zero-order chi connectivity index (χ0) is 18.1. The van der Waals surface area contributed by atoms with Gasteiger partial charge in [-0.25, -0.2) is 0 Å². The molecule has 26 heavy (non-hydrogen) atoms. The Bertz CT molecular complexity index is 847. The molecule has 8 heteroatoms. The van der Waals surface area contributed by atoms with Gasteiger partial charge in [-0.15, -0.1) is 10.2 Å². The summed E-state index contributed by atoms with van der Waals surface area (Å²) in [5, 5.41) is 11.1. The monoisotopic (exact) mass is 355 g/mol. The number of rotatable bonds is 5. The molecule has 1 atom stereocenters. The number of anilines is 1. The Morgan fingerprint density at radius 1 is 1.35 bits per heavy atom. The van der Waals surface area contributed by atoms with Crippen LogP contribution in [0.3, 0.4) is 0 Å². The standard InChI is InChI=1S/C18H21N5O3/c1-12-18(25)22(13-5-2-3-6-14(13)26-12)10-8-17(24)19-11-16-21-20-15-7-4-9-23(15)16/h2-3,5-6,12H,4,7-11H2,1H3,(H,19,24)/t12-/m0/s1. The average molecular weight is 355 g/mol. The van der Waals surface area contributed by atoms with Gasteiger partial charge in [-0.05, 0) is 25.5 Å². The molecule has 0 fully saturated rings. The van der Waals surface area contributed by atoms with Crippen molar-refractivity contribution in [3.05, 3.63) is 35.9 Å². The summed E-state index contributed by atoms with van der Waals surface area (Å²) >= 11 is 0. The van der Waals surface area contributed by atoms with E-state index in [-0.39, 0.29) is 18.2 Å². The Morgan fingerprint density at radius 3 is 3.08 bits per heavy atom. The van der Waals surface area contributed by atoms with Crippen molar-refractivity contribution in [3.63, 3.8) is 0 Å². The summed E-state index contributed by atoms with van der Waals surface area (Å²) in [6, 6.07) is 7.38. The van der Waals surface area contributed by atoms with Crippen LogP contribution in [0.1, 0.15) is 31.4 Å². The molecular weight excluding hydrogens is 334 g/mol. The number of benzene rings is 1. The van der Waals surface area contributed by atoms with Gasteiger partial charge >= 0.3 is 0 Å². The summed E-state index contributed by atoms with van der Waals surface area (Å²) in [6.07, 6.45) is 1.68. The molecule has 2 aliphatic rings. The second-order valence-corrected chi connectivity index (χ2v) is 6.53. The van der Waals surface area contributed by atoms with E-state index in [1.807, 2.05) is 24.3 Å². The van der Waals surface area contributed by atoms with E-state index in [4.69, 9.17) is 4.74 Å². The molecule has 2 amide bonds. The number of fused-ring (bicyclic) bond motifs is 2. The van der Waals surface area contributed by atoms with Crippen molar-refractivity contribution < 1.29 is 14.3 Å². The van der Waals surface area contributed by atoms with Crippen molar-refractivity contribution in [3.8, 4) is 5.75 Å². The minimum absolute atomic E-state index is 0.121. The van der Waals surface area contributed by atoms with Gasteiger partial charge in [0.05, 0.1) is 12.2 Å². The molecule has 0 saturated carbocycles. The highest BCUT2D eigenvalue weighted by Crippen LogP contribution is 2.33. The van der Waals surface area contributed by atoms with Gasteiger partial charge < -0.3 is 19.5 Å². The molecule has 136 valence electrons.